The lowest BCUT2D eigenvalue weighted by Crippen LogP contribution is -2.61. The summed E-state index contributed by atoms with van der Waals surface area (Å²) in [6.07, 6.45) is 87.4. The molecule has 9 rings (SSSR count). The number of rotatable bonds is 33. The Morgan fingerprint density at radius 3 is 0.759 bits per heavy atom. The maximum absolute atomic E-state index is 4.89. The summed E-state index contributed by atoms with van der Waals surface area (Å²) < 4.78 is -2.09. The van der Waals surface area contributed by atoms with Crippen LogP contribution in [0.15, 0.2) is 176 Å². The summed E-state index contributed by atoms with van der Waals surface area (Å²) >= 11 is 14.7. The summed E-state index contributed by atoms with van der Waals surface area (Å²) in [7, 11) is 0. The van der Waals surface area contributed by atoms with Gasteiger partial charge in [-0.1, -0.05) is 316 Å². The molecule has 0 saturated carbocycles. The van der Waals surface area contributed by atoms with Crippen LogP contribution in [0.4, 0.5) is 0 Å². The molecule has 0 fully saturated rings. The maximum Gasteiger partial charge on any atom is 0.118 e. The topological polar surface area (TPSA) is 3.24 Å². The van der Waals surface area contributed by atoms with Crippen molar-refractivity contribution in [2.75, 3.05) is 0 Å². The molecule has 9 aliphatic carbocycles. The highest BCUT2D eigenvalue weighted by Gasteiger charge is 2.59. The van der Waals surface area contributed by atoms with Crippen molar-refractivity contribution in [3.8, 4) is 0 Å². The van der Waals surface area contributed by atoms with Crippen molar-refractivity contribution >= 4 is 47.8 Å². The molecule has 79 heavy (non-hydrogen) atoms. The van der Waals surface area contributed by atoms with E-state index in [0.29, 0.717) is 0 Å². The number of halogens is 3. The maximum atomic E-state index is 4.89. The predicted octanol–water partition coefficient (Wildman–Crippen LogP) is 24.4. The molecule has 0 aromatic heterocycles. The monoisotopic (exact) mass is 1250 g/mol. The first-order valence-corrected chi connectivity index (χ1v) is 35.4. The standard InChI is InChI=1S/C75H102Br3N/c1-7-13-19-31-46-70(47-32-20-14-8-2)64-40-28-25-37-58(64)61-43-52-73(76,55-67(61)70)79(74(77)53-44-62-59-38-26-29-41-65(59)71(68(62)56-74,48-33-21-15-9-3)49-34-22-16-10-4)75(78)54-45-63-60-39-27-30-42-66(60)72(69(63)57-75,50-35-23-17-11-5)51-36-24-18-12-6/h25-27,37-45,52-57H,7-24,28-36,46-51H2,1-6H3. The highest BCUT2D eigenvalue weighted by Crippen LogP contribution is 2.67. The number of allylic oxidation sites excluding steroid dienone is 24. The zero-order valence-electron chi connectivity index (χ0n) is 50.3. The lowest BCUT2D eigenvalue weighted by molar-refractivity contribution is 0.172. The molecule has 0 bridgehead atoms. The van der Waals surface area contributed by atoms with Gasteiger partial charge in [0.2, 0.25) is 0 Å². The third-order valence-electron chi connectivity index (χ3n) is 20.2. The normalized spacial score (nSPS) is 26.2. The summed E-state index contributed by atoms with van der Waals surface area (Å²) in [4.78, 5) is 2.84. The molecule has 0 spiro atoms. The van der Waals surface area contributed by atoms with Crippen molar-refractivity contribution in [2.45, 2.75) is 267 Å². The van der Waals surface area contributed by atoms with Gasteiger partial charge in [-0.3, -0.25) is 0 Å². The van der Waals surface area contributed by atoms with Crippen LogP contribution in [0, 0.1) is 16.2 Å². The molecular weight excluding hydrogens is 1150 g/mol. The summed E-state index contributed by atoms with van der Waals surface area (Å²) in [6, 6.07) is 0. The number of nitrogens with zero attached hydrogens (tertiary/aromatic N) is 1. The summed E-state index contributed by atoms with van der Waals surface area (Å²) in [5, 5.41) is 0. The summed E-state index contributed by atoms with van der Waals surface area (Å²) in [5.74, 6) is 0. The average Bonchev–Trinajstić information content (AvgIpc) is 3.86. The smallest absolute Gasteiger partial charge is 0.118 e. The van der Waals surface area contributed by atoms with Crippen molar-refractivity contribution in [3.63, 3.8) is 0 Å². The minimum atomic E-state index is -0.696. The zero-order chi connectivity index (χ0) is 55.6. The van der Waals surface area contributed by atoms with E-state index < -0.39 is 13.3 Å². The molecule has 0 aromatic carbocycles. The van der Waals surface area contributed by atoms with Crippen molar-refractivity contribution in [3.05, 3.63) is 176 Å². The molecule has 4 heteroatoms. The Kier molecular flexibility index (Phi) is 21.2. The van der Waals surface area contributed by atoms with E-state index in [2.05, 4.69) is 156 Å². The molecule has 3 unspecified atom stereocenters. The van der Waals surface area contributed by atoms with Crippen LogP contribution in [0.3, 0.4) is 0 Å². The van der Waals surface area contributed by atoms with Crippen LogP contribution in [0.25, 0.3) is 0 Å². The van der Waals surface area contributed by atoms with Crippen molar-refractivity contribution in [2.24, 2.45) is 16.2 Å². The first-order chi connectivity index (χ1) is 38.5. The lowest BCUT2D eigenvalue weighted by Gasteiger charge is -2.55. The van der Waals surface area contributed by atoms with Gasteiger partial charge in [0.05, 0.1) is 0 Å². The molecule has 3 atom stereocenters. The second kappa shape index (κ2) is 27.5. The third kappa shape index (κ3) is 12.1. The van der Waals surface area contributed by atoms with E-state index >= 15 is 0 Å². The number of hydrogen-bond acceptors (Lipinski definition) is 1. The van der Waals surface area contributed by atoms with Crippen LogP contribution in [0.1, 0.15) is 253 Å². The van der Waals surface area contributed by atoms with Gasteiger partial charge < -0.3 is 0 Å². The molecule has 0 saturated heterocycles. The van der Waals surface area contributed by atoms with Crippen molar-refractivity contribution < 1.29 is 0 Å². The quantitative estimate of drug-likeness (QED) is 0.0360. The Morgan fingerprint density at radius 1 is 0.304 bits per heavy atom. The molecular formula is C75H102Br3N. The summed E-state index contributed by atoms with van der Waals surface area (Å²) in [5.41, 5.74) is 18.2. The molecule has 0 amide bonds. The van der Waals surface area contributed by atoms with Gasteiger partial charge in [0, 0.05) is 16.2 Å². The van der Waals surface area contributed by atoms with Crippen LogP contribution < -0.4 is 0 Å². The SMILES string of the molecule is CCCCCCC1(CCCCCC)C2=CCC=CC2=C2C=CC(Br)(N(C3(Br)C=CC4=C5C=CCC=C5C(CCCCCC)(CCCCCC)C4=C3)C3(Br)C=CC4=C5C=CCC=C5C(CCCCCC)(CCCCCC)C4=C3)C=C21. The fourth-order valence-corrected chi connectivity index (χ4v) is 19.8. The van der Waals surface area contributed by atoms with Crippen LogP contribution in [-0.2, 0) is 0 Å². The van der Waals surface area contributed by atoms with Gasteiger partial charge in [-0.2, -0.15) is 0 Å². The molecule has 1 nitrogen and oxygen atoms in total. The number of unbranched alkanes of at least 4 members (excludes halogenated alkanes) is 18. The van der Waals surface area contributed by atoms with E-state index in [4.69, 9.17) is 47.8 Å². The van der Waals surface area contributed by atoms with Crippen molar-refractivity contribution in [1.29, 1.82) is 0 Å². The fraction of sp³-hybridized carbons (Fsp3) is 0.600. The summed E-state index contributed by atoms with van der Waals surface area (Å²) in [6.45, 7) is 14.2. The van der Waals surface area contributed by atoms with E-state index in [0.717, 1.165) is 19.3 Å². The predicted molar refractivity (Wildman–Crippen MR) is 355 cm³/mol. The highest BCUT2D eigenvalue weighted by atomic mass is 79.9. The first-order valence-electron chi connectivity index (χ1n) is 33.0. The second-order valence-corrected chi connectivity index (χ2v) is 29.4. The third-order valence-corrected chi connectivity index (χ3v) is 22.7. The van der Waals surface area contributed by atoms with Gasteiger partial charge in [-0.05, 0) is 161 Å². The van der Waals surface area contributed by atoms with Crippen LogP contribution in [-0.4, -0.2) is 18.2 Å². The van der Waals surface area contributed by atoms with E-state index in [1.54, 1.807) is 33.4 Å². The molecule has 0 N–H and O–H groups in total. The van der Waals surface area contributed by atoms with Gasteiger partial charge in [-0.15, -0.1) is 0 Å². The largest absolute Gasteiger partial charge is 0.237 e. The molecule has 9 aliphatic rings. The second-order valence-electron chi connectivity index (χ2n) is 25.6. The average molecular weight is 1260 g/mol. The lowest BCUT2D eigenvalue weighted by atomic mass is 9.66. The minimum Gasteiger partial charge on any atom is -0.237 e. The minimum absolute atomic E-state index is 0.0274. The van der Waals surface area contributed by atoms with E-state index in [-0.39, 0.29) is 16.2 Å². The van der Waals surface area contributed by atoms with E-state index in [1.807, 2.05) is 0 Å². The number of alkyl halides is 3. The van der Waals surface area contributed by atoms with Crippen LogP contribution in [0.2, 0.25) is 0 Å². The Hall–Kier alpha value is -2.50. The van der Waals surface area contributed by atoms with Gasteiger partial charge in [-0.25, -0.2) is 4.90 Å². The Morgan fingerprint density at radius 2 is 0.532 bits per heavy atom. The molecule has 428 valence electrons. The molecule has 0 aromatic rings. The van der Waals surface area contributed by atoms with E-state index in [1.165, 1.54) is 226 Å². The number of fused-ring (bicyclic) bond motifs is 6. The zero-order valence-corrected chi connectivity index (χ0v) is 55.1. The van der Waals surface area contributed by atoms with Crippen LogP contribution >= 0.6 is 47.8 Å². The Labute approximate surface area is 508 Å². The highest BCUT2D eigenvalue weighted by molar-refractivity contribution is 9.11. The van der Waals surface area contributed by atoms with Gasteiger partial charge >= 0.3 is 0 Å². The van der Waals surface area contributed by atoms with Gasteiger partial charge in [0.15, 0.2) is 0 Å². The molecule has 0 heterocycles. The van der Waals surface area contributed by atoms with Crippen LogP contribution in [0.5, 0.6) is 0 Å². The molecule has 0 aliphatic heterocycles. The van der Waals surface area contributed by atoms with Gasteiger partial charge in [0.1, 0.15) is 13.3 Å². The van der Waals surface area contributed by atoms with Crippen molar-refractivity contribution in [1.82, 2.24) is 4.90 Å². The first kappa shape index (κ1) is 61.1. The van der Waals surface area contributed by atoms with Gasteiger partial charge in [0.25, 0.3) is 0 Å². The fourth-order valence-electron chi connectivity index (χ4n) is 16.3. The molecule has 0 radical (unpaired) electrons. The van der Waals surface area contributed by atoms with E-state index in [9.17, 15) is 0 Å². The Balaban J connectivity index is 1.28. The number of hydrogen-bond donors (Lipinski definition) is 0. The Bertz CT molecular complexity index is 2360.